The summed E-state index contributed by atoms with van der Waals surface area (Å²) in [6.07, 6.45) is -2.95. The van der Waals surface area contributed by atoms with Gasteiger partial charge in [0, 0.05) is 23.6 Å². The molecule has 0 aliphatic carbocycles. The number of ether oxygens (including phenoxy) is 2. The lowest BCUT2D eigenvalue weighted by atomic mass is 9.89. The van der Waals surface area contributed by atoms with Crippen LogP contribution < -0.4 is 14.8 Å². The van der Waals surface area contributed by atoms with Gasteiger partial charge in [0.15, 0.2) is 11.5 Å². The SMILES string of the molecule is COc1cccc(C2CC(=O)Nc3c2ncn3-c2cccc(C(F)(F)F)c2)c1OC. The summed E-state index contributed by atoms with van der Waals surface area (Å²) in [7, 11) is 3.02. The summed E-state index contributed by atoms with van der Waals surface area (Å²) in [6.45, 7) is 0. The van der Waals surface area contributed by atoms with Gasteiger partial charge < -0.3 is 14.8 Å². The third-order valence-corrected chi connectivity index (χ3v) is 5.03. The molecule has 0 radical (unpaired) electrons. The van der Waals surface area contributed by atoms with Gasteiger partial charge in [0.1, 0.15) is 12.1 Å². The number of nitrogens with one attached hydrogen (secondary N) is 1. The molecule has 2 aromatic carbocycles. The minimum Gasteiger partial charge on any atom is -0.493 e. The minimum absolute atomic E-state index is 0.121. The highest BCUT2D eigenvalue weighted by Crippen LogP contribution is 2.44. The zero-order chi connectivity index (χ0) is 21.5. The van der Waals surface area contributed by atoms with Crippen LogP contribution in [0.15, 0.2) is 48.8 Å². The zero-order valence-corrected chi connectivity index (χ0v) is 16.2. The van der Waals surface area contributed by atoms with Crippen molar-refractivity contribution < 1.29 is 27.4 Å². The maximum Gasteiger partial charge on any atom is 0.416 e. The van der Waals surface area contributed by atoms with Gasteiger partial charge >= 0.3 is 6.18 Å². The number of imidazole rings is 1. The van der Waals surface area contributed by atoms with Crippen LogP contribution in [0.5, 0.6) is 11.5 Å². The number of para-hydroxylation sites is 1. The van der Waals surface area contributed by atoms with Crippen LogP contribution in [0.2, 0.25) is 0 Å². The van der Waals surface area contributed by atoms with Crippen molar-refractivity contribution in [2.24, 2.45) is 0 Å². The van der Waals surface area contributed by atoms with Crippen LogP contribution in [-0.2, 0) is 11.0 Å². The molecule has 156 valence electrons. The third-order valence-electron chi connectivity index (χ3n) is 5.03. The highest BCUT2D eigenvalue weighted by Gasteiger charge is 2.34. The van der Waals surface area contributed by atoms with E-state index in [-0.39, 0.29) is 18.0 Å². The Morgan fingerprint density at radius 3 is 2.60 bits per heavy atom. The molecule has 4 rings (SSSR count). The molecule has 1 aliphatic rings. The normalized spacial score (nSPS) is 16.0. The summed E-state index contributed by atoms with van der Waals surface area (Å²) in [6, 6.07) is 10.2. The highest BCUT2D eigenvalue weighted by molar-refractivity contribution is 5.94. The highest BCUT2D eigenvalue weighted by atomic mass is 19.4. The van der Waals surface area contributed by atoms with Crippen molar-refractivity contribution in [2.75, 3.05) is 19.5 Å². The number of fused-ring (bicyclic) bond motifs is 1. The van der Waals surface area contributed by atoms with E-state index in [2.05, 4.69) is 10.3 Å². The van der Waals surface area contributed by atoms with Crippen LogP contribution in [0.3, 0.4) is 0 Å². The number of aromatic nitrogens is 2. The number of nitrogens with zero attached hydrogens (tertiary/aromatic N) is 2. The molecule has 0 bridgehead atoms. The van der Waals surface area contributed by atoms with E-state index in [0.29, 0.717) is 28.6 Å². The first-order valence-corrected chi connectivity index (χ1v) is 9.09. The largest absolute Gasteiger partial charge is 0.493 e. The van der Waals surface area contributed by atoms with Gasteiger partial charge in [-0.05, 0) is 24.3 Å². The maximum atomic E-state index is 13.1. The fourth-order valence-electron chi connectivity index (χ4n) is 3.68. The van der Waals surface area contributed by atoms with Crippen LogP contribution in [0.1, 0.15) is 29.2 Å². The van der Waals surface area contributed by atoms with Crippen molar-refractivity contribution in [2.45, 2.75) is 18.5 Å². The average molecular weight is 417 g/mol. The van der Waals surface area contributed by atoms with Crippen molar-refractivity contribution in [1.29, 1.82) is 0 Å². The van der Waals surface area contributed by atoms with Gasteiger partial charge in [-0.2, -0.15) is 13.2 Å². The lowest BCUT2D eigenvalue weighted by molar-refractivity contribution is -0.137. The minimum atomic E-state index is -4.48. The Bertz CT molecular complexity index is 1110. The third kappa shape index (κ3) is 3.36. The standard InChI is InChI=1S/C21H18F3N3O3/c1-29-16-8-4-7-14(19(16)30-2)15-10-17(28)26-20-18(15)25-11-27(20)13-6-3-5-12(9-13)21(22,23)24/h3-9,11,15H,10H2,1-2H3,(H,26,28). The molecule has 2 heterocycles. The van der Waals surface area contributed by atoms with Gasteiger partial charge in [0.25, 0.3) is 0 Å². The van der Waals surface area contributed by atoms with Crippen LogP contribution in [0, 0.1) is 0 Å². The van der Waals surface area contributed by atoms with Gasteiger partial charge in [0.05, 0.1) is 25.5 Å². The summed E-state index contributed by atoms with van der Waals surface area (Å²) < 4.78 is 51.7. The number of anilines is 1. The molecule has 1 aromatic heterocycles. The first-order chi connectivity index (χ1) is 14.3. The lowest BCUT2D eigenvalue weighted by Gasteiger charge is -2.25. The van der Waals surface area contributed by atoms with E-state index >= 15 is 0 Å². The average Bonchev–Trinajstić information content (AvgIpc) is 3.15. The number of hydrogen-bond acceptors (Lipinski definition) is 4. The van der Waals surface area contributed by atoms with Crippen molar-refractivity contribution >= 4 is 11.7 Å². The van der Waals surface area contributed by atoms with Gasteiger partial charge in [-0.25, -0.2) is 4.98 Å². The van der Waals surface area contributed by atoms with Gasteiger partial charge in [-0.3, -0.25) is 9.36 Å². The van der Waals surface area contributed by atoms with Crippen molar-refractivity contribution in [3.05, 3.63) is 65.6 Å². The van der Waals surface area contributed by atoms with Gasteiger partial charge in [0.2, 0.25) is 5.91 Å². The first kappa shape index (κ1) is 19.8. The first-order valence-electron chi connectivity index (χ1n) is 9.09. The van der Waals surface area contributed by atoms with E-state index in [4.69, 9.17) is 9.47 Å². The number of alkyl halides is 3. The molecule has 0 saturated heterocycles. The molecule has 0 saturated carbocycles. The molecule has 0 spiro atoms. The van der Waals surface area contributed by atoms with E-state index in [0.717, 1.165) is 12.1 Å². The smallest absolute Gasteiger partial charge is 0.416 e. The Labute approximate surface area is 170 Å². The zero-order valence-electron chi connectivity index (χ0n) is 16.2. The molecule has 1 atom stereocenters. The maximum absolute atomic E-state index is 13.1. The van der Waals surface area contributed by atoms with Gasteiger partial charge in [-0.15, -0.1) is 0 Å². The lowest BCUT2D eigenvalue weighted by Crippen LogP contribution is -2.25. The van der Waals surface area contributed by atoms with E-state index in [1.54, 1.807) is 12.1 Å². The molecule has 3 aromatic rings. The molecule has 1 amide bonds. The van der Waals surface area contributed by atoms with Crippen molar-refractivity contribution in [1.82, 2.24) is 9.55 Å². The Balaban J connectivity index is 1.83. The molecule has 1 N–H and O–H groups in total. The van der Waals surface area contributed by atoms with E-state index in [9.17, 15) is 18.0 Å². The van der Waals surface area contributed by atoms with Crippen LogP contribution in [0.25, 0.3) is 5.69 Å². The number of amides is 1. The molecule has 1 aliphatic heterocycles. The topological polar surface area (TPSA) is 65.4 Å². The summed E-state index contributed by atoms with van der Waals surface area (Å²) >= 11 is 0. The molecule has 0 fully saturated rings. The van der Waals surface area contributed by atoms with Crippen LogP contribution in [-0.4, -0.2) is 29.7 Å². The van der Waals surface area contributed by atoms with E-state index in [1.807, 2.05) is 6.07 Å². The second-order valence-electron chi connectivity index (χ2n) is 6.78. The molecule has 1 unspecified atom stereocenters. The Hall–Kier alpha value is -3.49. The van der Waals surface area contributed by atoms with Crippen LogP contribution in [0.4, 0.5) is 19.0 Å². The number of hydrogen-bond donors (Lipinski definition) is 1. The summed E-state index contributed by atoms with van der Waals surface area (Å²) in [5.41, 5.74) is 0.716. The predicted octanol–water partition coefficient (Wildman–Crippen LogP) is 4.38. The number of carbonyl (C=O) groups is 1. The summed E-state index contributed by atoms with van der Waals surface area (Å²) in [4.78, 5) is 16.9. The predicted molar refractivity (Wildman–Crippen MR) is 103 cm³/mol. The molecule has 30 heavy (non-hydrogen) atoms. The van der Waals surface area contributed by atoms with Crippen LogP contribution >= 0.6 is 0 Å². The Kier molecular flexibility index (Phi) is 4.89. The summed E-state index contributed by atoms with van der Waals surface area (Å²) in [5, 5.41) is 2.74. The molecule has 9 heteroatoms. The quantitative estimate of drug-likeness (QED) is 0.684. The van der Waals surface area contributed by atoms with Crippen molar-refractivity contribution in [3.63, 3.8) is 0 Å². The van der Waals surface area contributed by atoms with Gasteiger partial charge in [-0.1, -0.05) is 18.2 Å². The van der Waals surface area contributed by atoms with E-state index in [1.165, 1.54) is 37.2 Å². The second-order valence-corrected chi connectivity index (χ2v) is 6.78. The Morgan fingerprint density at radius 1 is 1.13 bits per heavy atom. The molecular weight excluding hydrogens is 399 g/mol. The number of benzene rings is 2. The second kappa shape index (κ2) is 7.40. The number of carbonyl (C=O) groups excluding carboxylic acids is 1. The van der Waals surface area contributed by atoms with E-state index < -0.39 is 17.7 Å². The molecular formula is C21H18F3N3O3. The summed E-state index contributed by atoms with van der Waals surface area (Å²) in [5.74, 6) is 0.622. The van der Waals surface area contributed by atoms with Crippen molar-refractivity contribution in [3.8, 4) is 17.2 Å². The number of halogens is 3. The fourth-order valence-corrected chi connectivity index (χ4v) is 3.68. The Morgan fingerprint density at radius 2 is 1.90 bits per heavy atom. The monoisotopic (exact) mass is 417 g/mol. The number of rotatable bonds is 4. The fraction of sp³-hybridized carbons (Fsp3) is 0.238. The number of methoxy groups -OCH3 is 2. The molecule has 6 nitrogen and oxygen atoms in total.